The van der Waals surface area contributed by atoms with Gasteiger partial charge in [-0.1, -0.05) is 25.5 Å². The van der Waals surface area contributed by atoms with Crippen molar-refractivity contribution in [3.63, 3.8) is 0 Å². The summed E-state index contributed by atoms with van der Waals surface area (Å²) in [6, 6.07) is 6.59. The van der Waals surface area contributed by atoms with Gasteiger partial charge in [0.1, 0.15) is 5.82 Å². The number of carbonyl (C=O) groups is 1. The summed E-state index contributed by atoms with van der Waals surface area (Å²) in [7, 11) is 0. The highest BCUT2D eigenvalue weighted by molar-refractivity contribution is 5.84. The maximum absolute atomic E-state index is 13.0. The Morgan fingerprint density at radius 1 is 1.12 bits per heavy atom. The normalized spacial score (nSPS) is 25.4. The highest BCUT2D eigenvalue weighted by Crippen LogP contribution is 2.60. The number of hydrogen-bond donors (Lipinski definition) is 0. The standard InChI is InChI=1S/C20H27FN2O/c1-14(2)13-17-18(20(17,3)4)19(24)23-11-9-22(10-12-23)16-7-5-15(21)6-8-16/h5-8,13,17-18H,9-12H2,1-4H3. The second-order valence-electron chi connectivity index (χ2n) is 7.86. The predicted octanol–water partition coefficient (Wildman–Crippen LogP) is 3.71. The molecule has 1 aromatic rings. The quantitative estimate of drug-likeness (QED) is 0.789. The van der Waals surface area contributed by atoms with E-state index in [4.69, 9.17) is 0 Å². The summed E-state index contributed by atoms with van der Waals surface area (Å²) in [5.74, 6) is 0.560. The highest BCUT2D eigenvalue weighted by Gasteiger charge is 2.61. The second kappa shape index (κ2) is 6.23. The molecule has 1 aliphatic carbocycles. The number of allylic oxidation sites excluding steroid dienone is 2. The molecule has 0 aromatic heterocycles. The van der Waals surface area contributed by atoms with E-state index in [0.29, 0.717) is 11.8 Å². The molecule has 24 heavy (non-hydrogen) atoms. The van der Waals surface area contributed by atoms with E-state index in [1.165, 1.54) is 17.7 Å². The first-order valence-electron chi connectivity index (χ1n) is 8.75. The summed E-state index contributed by atoms with van der Waals surface area (Å²) < 4.78 is 13.0. The predicted molar refractivity (Wildman–Crippen MR) is 95.4 cm³/mol. The largest absolute Gasteiger partial charge is 0.368 e. The molecule has 1 aliphatic heterocycles. The van der Waals surface area contributed by atoms with E-state index < -0.39 is 0 Å². The van der Waals surface area contributed by atoms with Gasteiger partial charge < -0.3 is 9.80 Å². The molecule has 1 saturated heterocycles. The molecule has 1 aromatic carbocycles. The lowest BCUT2D eigenvalue weighted by Crippen LogP contribution is -2.49. The zero-order chi connectivity index (χ0) is 17.5. The summed E-state index contributed by atoms with van der Waals surface area (Å²) in [5, 5.41) is 0. The Balaban J connectivity index is 1.60. The molecule has 2 fully saturated rings. The van der Waals surface area contributed by atoms with Crippen molar-refractivity contribution in [1.82, 2.24) is 4.90 Å². The Bertz CT molecular complexity index is 638. The molecule has 0 radical (unpaired) electrons. The van der Waals surface area contributed by atoms with Gasteiger partial charge in [0, 0.05) is 31.9 Å². The summed E-state index contributed by atoms with van der Waals surface area (Å²) in [6.45, 7) is 11.7. The van der Waals surface area contributed by atoms with Crippen molar-refractivity contribution in [1.29, 1.82) is 0 Å². The van der Waals surface area contributed by atoms with Crippen molar-refractivity contribution < 1.29 is 9.18 Å². The van der Waals surface area contributed by atoms with Gasteiger partial charge in [-0.15, -0.1) is 0 Å². The van der Waals surface area contributed by atoms with E-state index >= 15 is 0 Å². The minimum absolute atomic E-state index is 0.0719. The lowest BCUT2D eigenvalue weighted by Gasteiger charge is -2.36. The van der Waals surface area contributed by atoms with Crippen molar-refractivity contribution in [2.75, 3.05) is 31.1 Å². The molecule has 1 amide bonds. The van der Waals surface area contributed by atoms with E-state index in [0.717, 1.165) is 31.9 Å². The van der Waals surface area contributed by atoms with Crippen LogP contribution >= 0.6 is 0 Å². The van der Waals surface area contributed by atoms with Crippen LogP contribution in [0.2, 0.25) is 0 Å². The third kappa shape index (κ3) is 3.19. The van der Waals surface area contributed by atoms with E-state index in [9.17, 15) is 9.18 Å². The minimum atomic E-state index is -0.214. The molecule has 4 heteroatoms. The average Bonchev–Trinajstić information content (AvgIpc) is 3.07. The Morgan fingerprint density at radius 3 is 2.25 bits per heavy atom. The van der Waals surface area contributed by atoms with Crippen LogP contribution in [0, 0.1) is 23.1 Å². The number of nitrogens with zero attached hydrogens (tertiary/aromatic N) is 2. The Kier molecular flexibility index (Phi) is 4.41. The van der Waals surface area contributed by atoms with Gasteiger partial charge in [-0.2, -0.15) is 0 Å². The molecular weight excluding hydrogens is 303 g/mol. The molecule has 0 N–H and O–H groups in total. The fourth-order valence-electron chi connectivity index (χ4n) is 3.85. The molecule has 2 unspecified atom stereocenters. The van der Waals surface area contributed by atoms with Gasteiger partial charge in [0.25, 0.3) is 0 Å². The summed E-state index contributed by atoms with van der Waals surface area (Å²) in [4.78, 5) is 17.1. The molecule has 2 atom stereocenters. The maximum Gasteiger partial charge on any atom is 0.226 e. The number of amides is 1. The summed E-state index contributed by atoms with van der Waals surface area (Å²) >= 11 is 0. The molecular formula is C20H27FN2O. The third-order valence-corrected chi connectivity index (χ3v) is 5.47. The Labute approximate surface area is 144 Å². The van der Waals surface area contributed by atoms with E-state index in [2.05, 4.69) is 38.7 Å². The average molecular weight is 330 g/mol. The number of carbonyl (C=O) groups excluding carboxylic acids is 1. The van der Waals surface area contributed by atoms with Gasteiger partial charge in [-0.25, -0.2) is 4.39 Å². The van der Waals surface area contributed by atoms with Crippen LogP contribution in [0.3, 0.4) is 0 Å². The van der Waals surface area contributed by atoms with Gasteiger partial charge in [0.15, 0.2) is 0 Å². The van der Waals surface area contributed by atoms with Crippen molar-refractivity contribution >= 4 is 11.6 Å². The highest BCUT2D eigenvalue weighted by atomic mass is 19.1. The lowest BCUT2D eigenvalue weighted by atomic mass is 10.1. The van der Waals surface area contributed by atoms with Gasteiger partial charge in [-0.3, -0.25) is 4.79 Å². The van der Waals surface area contributed by atoms with Crippen molar-refractivity contribution in [3.8, 4) is 0 Å². The van der Waals surface area contributed by atoms with E-state index in [1.807, 2.05) is 17.0 Å². The first kappa shape index (κ1) is 17.0. The Morgan fingerprint density at radius 2 is 1.71 bits per heavy atom. The van der Waals surface area contributed by atoms with Crippen LogP contribution in [0.1, 0.15) is 27.7 Å². The maximum atomic E-state index is 13.0. The van der Waals surface area contributed by atoms with Gasteiger partial charge in [0.2, 0.25) is 5.91 Å². The minimum Gasteiger partial charge on any atom is -0.368 e. The second-order valence-corrected chi connectivity index (χ2v) is 7.86. The number of halogens is 1. The zero-order valence-electron chi connectivity index (χ0n) is 15.1. The first-order chi connectivity index (χ1) is 11.3. The van der Waals surface area contributed by atoms with Crippen LogP contribution in [0.5, 0.6) is 0 Å². The van der Waals surface area contributed by atoms with Crippen LogP contribution in [-0.4, -0.2) is 37.0 Å². The van der Waals surface area contributed by atoms with Gasteiger partial charge in [0.05, 0.1) is 5.92 Å². The summed E-state index contributed by atoms with van der Waals surface area (Å²) in [5.41, 5.74) is 2.38. The number of piperazine rings is 1. The molecule has 130 valence electrons. The summed E-state index contributed by atoms with van der Waals surface area (Å²) in [6.07, 6.45) is 2.25. The van der Waals surface area contributed by atoms with Crippen molar-refractivity contribution in [2.45, 2.75) is 27.7 Å². The monoisotopic (exact) mass is 330 g/mol. The van der Waals surface area contributed by atoms with Crippen molar-refractivity contribution in [3.05, 3.63) is 41.7 Å². The molecule has 3 nitrogen and oxygen atoms in total. The molecule has 0 bridgehead atoms. The molecule has 1 saturated carbocycles. The Hall–Kier alpha value is -1.84. The number of hydrogen-bond acceptors (Lipinski definition) is 2. The van der Waals surface area contributed by atoms with Gasteiger partial charge >= 0.3 is 0 Å². The fourth-order valence-corrected chi connectivity index (χ4v) is 3.85. The van der Waals surface area contributed by atoms with Crippen LogP contribution in [0.25, 0.3) is 0 Å². The molecule has 2 aliphatic rings. The van der Waals surface area contributed by atoms with Crippen molar-refractivity contribution in [2.24, 2.45) is 17.3 Å². The molecule has 3 rings (SSSR count). The number of rotatable bonds is 3. The third-order valence-electron chi connectivity index (χ3n) is 5.47. The molecule has 1 heterocycles. The van der Waals surface area contributed by atoms with Crippen LogP contribution in [-0.2, 0) is 4.79 Å². The molecule has 0 spiro atoms. The van der Waals surface area contributed by atoms with Gasteiger partial charge in [-0.05, 0) is 49.4 Å². The zero-order valence-corrected chi connectivity index (χ0v) is 15.1. The topological polar surface area (TPSA) is 23.6 Å². The van der Waals surface area contributed by atoms with Crippen LogP contribution < -0.4 is 4.90 Å². The smallest absolute Gasteiger partial charge is 0.226 e. The number of benzene rings is 1. The first-order valence-corrected chi connectivity index (χ1v) is 8.75. The van der Waals surface area contributed by atoms with Crippen LogP contribution in [0.15, 0.2) is 35.9 Å². The fraction of sp³-hybridized carbons (Fsp3) is 0.550. The SMILES string of the molecule is CC(C)=CC1C(C(=O)N2CCN(c3ccc(F)cc3)CC2)C1(C)C. The number of anilines is 1. The van der Waals surface area contributed by atoms with Crippen LogP contribution in [0.4, 0.5) is 10.1 Å². The van der Waals surface area contributed by atoms with E-state index in [1.54, 1.807) is 0 Å². The van der Waals surface area contributed by atoms with E-state index in [-0.39, 0.29) is 17.2 Å². The lowest BCUT2D eigenvalue weighted by molar-refractivity contribution is -0.133.